The zero-order valence-corrected chi connectivity index (χ0v) is 51.7. The molecule has 25 heteroatoms. The molecular formula is C72H54F6N10O9. The van der Waals surface area contributed by atoms with Crippen molar-refractivity contribution in [2.45, 2.75) is 64.2 Å². The lowest BCUT2D eigenvalue weighted by molar-refractivity contribution is -0.129. The van der Waals surface area contributed by atoms with E-state index >= 15 is 17.6 Å². The standard InChI is InChI=1S/C72H54F6N10O9/c1-37(89)85-29-49-63(35-93-65(49)31-85)87-61-21-41(13-15-59(61)81-67(87)23-45-19-55(77)47(25-53(45)75)57-5-3-7-69(83-57)95-33-43-11-9-39(27-79)17-51(43)73)71(91)97-72(92)42-14-16-60-62(22-42)88(64-36-94-66-32-86(38(2)90)30-50(64)66)68(82-60)24-46-20-56(78)48(26-54(46)76)58-6-4-8-70(84-58)96-34-44-12-10-40(28-80)18-52(44)74/h3-22,25-26,49-50,63-66H,23-24,29-36H2,1-2H3/t49-,50-,63-,64-,65-,66-/m1/s1. The van der Waals surface area contributed by atoms with E-state index in [9.17, 15) is 28.0 Å². The summed E-state index contributed by atoms with van der Waals surface area (Å²) < 4.78 is 128. The minimum absolute atomic E-state index is 0.00319. The number of carbonyl (C=O) groups is 4. The number of nitriles is 2. The molecular weight excluding hydrogens is 1260 g/mol. The van der Waals surface area contributed by atoms with Crippen LogP contribution in [-0.4, -0.2) is 114 Å². The van der Waals surface area contributed by atoms with Crippen molar-refractivity contribution >= 4 is 45.8 Å². The van der Waals surface area contributed by atoms with E-state index in [1.54, 1.807) is 18.9 Å². The maximum Gasteiger partial charge on any atom is 0.346 e. The fourth-order valence-electron chi connectivity index (χ4n) is 13.4. The van der Waals surface area contributed by atoms with Crippen molar-refractivity contribution < 1.29 is 69.2 Å². The molecule has 8 heterocycles. The Morgan fingerprint density at radius 1 is 0.495 bits per heavy atom. The zero-order chi connectivity index (χ0) is 67.5. The topological polar surface area (TPSA) is 230 Å². The van der Waals surface area contributed by atoms with Crippen LogP contribution in [0.4, 0.5) is 26.3 Å². The number of rotatable bonds is 16. The van der Waals surface area contributed by atoms with Crippen LogP contribution < -0.4 is 9.47 Å². The molecule has 0 aliphatic carbocycles. The van der Waals surface area contributed by atoms with Crippen LogP contribution >= 0.6 is 0 Å². The van der Waals surface area contributed by atoms with Crippen molar-refractivity contribution in [3.8, 4) is 46.4 Å². The summed E-state index contributed by atoms with van der Waals surface area (Å²) in [6.45, 7) is 3.96. The first-order valence-corrected chi connectivity index (χ1v) is 30.9. The first-order chi connectivity index (χ1) is 46.8. The van der Waals surface area contributed by atoms with Crippen LogP contribution in [0.2, 0.25) is 0 Å². The molecule has 4 aliphatic rings. The molecule has 488 valence electrons. The van der Waals surface area contributed by atoms with Gasteiger partial charge in [-0.3, -0.25) is 9.59 Å². The molecule has 0 radical (unpaired) electrons. The van der Waals surface area contributed by atoms with Crippen LogP contribution in [0.25, 0.3) is 44.6 Å². The lowest BCUT2D eigenvalue weighted by Crippen LogP contribution is -2.29. The van der Waals surface area contributed by atoms with Gasteiger partial charge in [0.15, 0.2) is 0 Å². The average Bonchev–Trinajstić information content (AvgIpc) is 1.60. The molecule has 6 aromatic carbocycles. The van der Waals surface area contributed by atoms with Gasteiger partial charge < -0.3 is 42.6 Å². The fourth-order valence-corrected chi connectivity index (χ4v) is 13.4. The quantitative estimate of drug-likeness (QED) is 0.0497. The van der Waals surface area contributed by atoms with E-state index in [1.165, 1.54) is 111 Å². The molecule has 4 fully saturated rings. The molecule has 2 amide bonds. The van der Waals surface area contributed by atoms with Crippen molar-refractivity contribution in [1.29, 1.82) is 10.5 Å². The predicted molar refractivity (Wildman–Crippen MR) is 334 cm³/mol. The van der Waals surface area contributed by atoms with Crippen molar-refractivity contribution in [1.82, 2.24) is 38.9 Å². The first-order valence-electron chi connectivity index (χ1n) is 30.9. The summed E-state index contributed by atoms with van der Waals surface area (Å²) in [5, 5.41) is 18.2. The van der Waals surface area contributed by atoms with Gasteiger partial charge >= 0.3 is 11.9 Å². The molecule has 10 aromatic rings. The van der Waals surface area contributed by atoms with Crippen molar-refractivity contribution in [2.24, 2.45) is 11.8 Å². The Hall–Kier alpha value is -11.3. The van der Waals surface area contributed by atoms with Crippen LogP contribution in [0.15, 0.2) is 133 Å². The van der Waals surface area contributed by atoms with Crippen LogP contribution in [0.1, 0.15) is 91.7 Å². The second-order valence-electron chi connectivity index (χ2n) is 24.3. The number of pyridine rings is 2. The number of benzene rings is 6. The highest BCUT2D eigenvalue weighted by atomic mass is 19.1. The average molecular weight is 1320 g/mol. The highest BCUT2D eigenvalue weighted by Crippen LogP contribution is 2.43. The van der Waals surface area contributed by atoms with E-state index in [4.69, 9.17) is 44.2 Å². The molecule has 0 N–H and O–H groups in total. The third-order valence-corrected chi connectivity index (χ3v) is 18.4. The number of fused-ring (bicyclic) bond motifs is 4. The summed E-state index contributed by atoms with van der Waals surface area (Å²) in [6.07, 6.45) is -1.25. The van der Waals surface area contributed by atoms with Crippen molar-refractivity contribution in [3.63, 3.8) is 0 Å². The van der Waals surface area contributed by atoms with Gasteiger partial charge in [-0.05, 0) is 108 Å². The normalized spacial score (nSPS) is 18.7. The summed E-state index contributed by atoms with van der Waals surface area (Å²) in [7, 11) is 0. The predicted octanol–water partition coefficient (Wildman–Crippen LogP) is 11.3. The lowest BCUT2D eigenvalue weighted by atomic mass is 9.99. The Bertz CT molecular complexity index is 4680. The van der Waals surface area contributed by atoms with Gasteiger partial charge in [-0.15, -0.1) is 0 Å². The molecule has 97 heavy (non-hydrogen) atoms. The van der Waals surface area contributed by atoms with Gasteiger partial charge in [0.05, 0.1) is 105 Å². The molecule has 4 aromatic heterocycles. The Balaban J connectivity index is 0.738. The van der Waals surface area contributed by atoms with Crippen molar-refractivity contribution in [2.75, 3.05) is 39.4 Å². The Labute approximate surface area is 548 Å². The van der Waals surface area contributed by atoms with Gasteiger partial charge in [-0.25, -0.2) is 55.9 Å². The third-order valence-electron chi connectivity index (χ3n) is 18.4. The summed E-state index contributed by atoms with van der Waals surface area (Å²) in [5.41, 5.74) is 1.38. The minimum Gasteiger partial charge on any atom is -0.473 e. The van der Waals surface area contributed by atoms with Gasteiger partial charge in [0.1, 0.15) is 59.8 Å². The maximum absolute atomic E-state index is 16.5. The van der Waals surface area contributed by atoms with Crippen molar-refractivity contribution in [3.05, 3.63) is 225 Å². The van der Waals surface area contributed by atoms with E-state index in [0.717, 1.165) is 36.4 Å². The zero-order valence-electron chi connectivity index (χ0n) is 51.7. The first kappa shape index (κ1) is 63.1. The SMILES string of the molecule is CC(=O)N1C[C@@H]2[C@H](n3c(Cc4cc(F)c(-c5cccc(OCc6ccc(C#N)cc6F)n5)cc4F)nc4ccc(C(=O)OC(=O)c5ccc6nc(Cc7cc(F)c(-c8cccc(OCc9ccc(C#N)cc9F)n8)cc7F)n([C@@H]7CO[C@@H]8CN(C(C)=O)C[C@H]78)c6c5)cc43)CO[C@@H]2C1. The minimum atomic E-state index is -1.05. The Morgan fingerprint density at radius 2 is 0.918 bits per heavy atom. The van der Waals surface area contributed by atoms with Gasteiger partial charge in [0, 0.05) is 99.1 Å². The number of likely N-dealkylation sites (tertiary alicyclic amines) is 2. The summed E-state index contributed by atoms with van der Waals surface area (Å²) in [4.78, 5) is 75.7. The summed E-state index contributed by atoms with van der Waals surface area (Å²) in [6, 6.07) is 32.4. The maximum atomic E-state index is 16.5. The molecule has 19 nitrogen and oxygen atoms in total. The second kappa shape index (κ2) is 25.8. The number of imidazole rings is 2. The van der Waals surface area contributed by atoms with E-state index in [1.807, 2.05) is 12.1 Å². The number of carbonyl (C=O) groups excluding carboxylic acids is 4. The molecule has 0 saturated carbocycles. The fraction of sp³-hybridized carbons (Fsp3) is 0.250. The molecule has 4 saturated heterocycles. The number of halogens is 6. The number of aromatic nitrogens is 6. The smallest absolute Gasteiger partial charge is 0.346 e. The number of hydrogen-bond acceptors (Lipinski definition) is 15. The Kier molecular flexibility index (Phi) is 16.8. The Morgan fingerprint density at radius 3 is 1.32 bits per heavy atom. The molecule has 4 aliphatic heterocycles. The number of nitrogens with zero attached hydrogens (tertiary/aromatic N) is 10. The van der Waals surface area contributed by atoms with Crippen LogP contribution in [0.5, 0.6) is 11.8 Å². The highest BCUT2D eigenvalue weighted by Gasteiger charge is 2.48. The van der Waals surface area contributed by atoms with Gasteiger partial charge in [-0.2, -0.15) is 10.5 Å². The van der Waals surface area contributed by atoms with E-state index in [2.05, 4.69) is 9.97 Å². The largest absolute Gasteiger partial charge is 0.473 e. The van der Waals surface area contributed by atoms with E-state index < -0.39 is 58.9 Å². The second-order valence-corrected chi connectivity index (χ2v) is 24.3. The number of esters is 2. The van der Waals surface area contributed by atoms with Crippen LogP contribution in [-0.2, 0) is 49.9 Å². The molecule has 14 rings (SSSR count). The number of ether oxygens (including phenoxy) is 5. The molecule has 0 spiro atoms. The van der Waals surface area contributed by atoms with Gasteiger partial charge in [0.25, 0.3) is 0 Å². The molecule has 6 atom stereocenters. The van der Waals surface area contributed by atoms with Gasteiger partial charge in [-0.1, -0.05) is 24.3 Å². The number of hydrogen-bond donors (Lipinski definition) is 0. The summed E-state index contributed by atoms with van der Waals surface area (Å²) in [5.74, 6) is -7.01. The monoisotopic (exact) mass is 1320 g/mol. The van der Waals surface area contributed by atoms with E-state index in [-0.39, 0.29) is 166 Å². The van der Waals surface area contributed by atoms with Crippen LogP contribution in [0, 0.1) is 69.4 Å². The lowest BCUT2D eigenvalue weighted by Gasteiger charge is -2.23. The molecule has 0 bridgehead atoms. The molecule has 0 unspecified atom stereocenters. The number of amides is 2. The van der Waals surface area contributed by atoms with E-state index in [0.29, 0.717) is 48.2 Å². The van der Waals surface area contributed by atoms with Crippen LogP contribution in [0.3, 0.4) is 0 Å². The highest BCUT2D eigenvalue weighted by molar-refractivity contribution is 6.05. The summed E-state index contributed by atoms with van der Waals surface area (Å²) >= 11 is 0. The van der Waals surface area contributed by atoms with Gasteiger partial charge in [0.2, 0.25) is 23.6 Å². The third kappa shape index (κ3) is 12.3.